The third-order valence-electron chi connectivity index (χ3n) is 3.65. The maximum absolute atomic E-state index is 10.7. The number of benzene rings is 1. The molecule has 1 fully saturated rings. The maximum atomic E-state index is 10.7. The first-order valence-electron chi connectivity index (χ1n) is 6.63. The number of nitro benzene ring substituents is 1. The van der Waals surface area contributed by atoms with Crippen molar-refractivity contribution in [1.29, 1.82) is 5.26 Å². The molecule has 1 saturated heterocycles. The number of rotatable bonds is 4. The molecule has 0 amide bonds. The molecule has 6 heteroatoms. The summed E-state index contributed by atoms with van der Waals surface area (Å²) in [7, 11) is 2.07. The average Bonchev–Trinajstić information content (AvgIpc) is 2.46. The van der Waals surface area contributed by atoms with Crippen LogP contribution in [-0.4, -0.2) is 36.1 Å². The second kappa shape index (κ2) is 6.35. The Kier molecular flexibility index (Phi) is 4.53. The van der Waals surface area contributed by atoms with Crippen molar-refractivity contribution in [3.63, 3.8) is 0 Å². The molecule has 1 aliphatic rings. The Balaban J connectivity index is 2.03. The lowest BCUT2D eigenvalue weighted by atomic mass is 10.0. The molecule has 0 aromatic heterocycles. The van der Waals surface area contributed by atoms with Crippen LogP contribution < -0.4 is 4.74 Å². The first kappa shape index (κ1) is 14.3. The lowest BCUT2D eigenvalue weighted by Gasteiger charge is -2.32. The number of ether oxygens (including phenoxy) is 1. The number of nitrogens with zero attached hydrogens (tertiary/aromatic N) is 3. The van der Waals surface area contributed by atoms with E-state index < -0.39 is 4.92 Å². The van der Waals surface area contributed by atoms with Crippen molar-refractivity contribution in [1.82, 2.24) is 4.90 Å². The van der Waals surface area contributed by atoms with Crippen LogP contribution >= 0.6 is 0 Å². The summed E-state index contributed by atoms with van der Waals surface area (Å²) in [5, 5.41) is 19.7. The van der Waals surface area contributed by atoms with Crippen molar-refractivity contribution in [3.8, 4) is 11.8 Å². The highest BCUT2D eigenvalue weighted by atomic mass is 16.6. The van der Waals surface area contributed by atoms with Gasteiger partial charge in [0.05, 0.1) is 4.92 Å². The van der Waals surface area contributed by atoms with Crippen LogP contribution in [0.15, 0.2) is 18.2 Å². The third-order valence-corrected chi connectivity index (χ3v) is 3.65. The second-order valence-corrected chi connectivity index (χ2v) is 4.99. The van der Waals surface area contributed by atoms with Crippen LogP contribution in [-0.2, 0) is 0 Å². The van der Waals surface area contributed by atoms with Gasteiger partial charge in [-0.05, 0) is 32.5 Å². The van der Waals surface area contributed by atoms with Gasteiger partial charge >= 0.3 is 0 Å². The monoisotopic (exact) mass is 275 g/mol. The molecule has 1 heterocycles. The van der Waals surface area contributed by atoms with Crippen molar-refractivity contribution < 1.29 is 9.66 Å². The molecule has 106 valence electrons. The minimum absolute atomic E-state index is 0.0319. The number of nitriles is 1. The van der Waals surface area contributed by atoms with Gasteiger partial charge in [-0.3, -0.25) is 10.1 Å². The molecular weight excluding hydrogens is 258 g/mol. The Hall–Kier alpha value is -2.13. The van der Waals surface area contributed by atoms with Crippen molar-refractivity contribution >= 4 is 5.69 Å². The zero-order valence-electron chi connectivity index (χ0n) is 11.4. The number of hydrogen-bond acceptors (Lipinski definition) is 5. The van der Waals surface area contributed by atoms with E-state index in [-0.39, 0.29) is 11.3 Å². The summed E-state index contributed by atoms with van der Waals surface area (Å²) in [6.07, 6.45) is 3.50. The minimum atomic E-state index is -0.558. The Labute approximate surface area is 117 Å². The predicted molar refractivity (Wildman–Crippen MR) is 73.6 cm³/mol. The standard InChI is InChI=1S/C14H17N3O3/c1-16-7-3-2-4-12(16)10-20-13-5-6-14(17(18)19)11(8-13)9-15/h5-6,8,12H,2-4,7,10H2,1H3. The number of piperidine rings is 1. The van der Waals surface area contributed by atoms with E-state index in [4.69, 9.17) is 10.00 Å². The lowest BCUT2D eigenvalue weighted by Crippen LogP contribution is -2.40. The fourth-order valence-corrected chi connectivity index (χ4v) is 2.40. The molecule has 0 bridgehead atoms. The molecule has 1 unspecified atom stereocenters. The van der Waals surface area contributed by atoms with Crippen LogP contribution in [0.25, 0.3) is 0 Å². The summed E-state index contributed by atoms with van der Waals surface area (Å²) in [5.41, 5.74) is -0.154. The Morgan fingerprint density at radius 1 is 1.55 bits per heavy atom. The second-order valence-electron chi connectivity index (χ2n) is 4.99. The van der Waals surface area contributed by atoms with Crippen molar-refractivity contribution in [2.24, 2.45) is 0 Å². The smallest absolute Gasteiger partial charge is 0.287 e. The largest absolute Gasteiger partial charge is 0.492 e. The van der Waals surface area contributed by atoms with E-state index in [1.807, 2.05) is 6.07 Å². The van der Waals surface area contributed by atoms with E-state index >= 15 is 0 Å². The number of likely N-dealkylation sites (tertiary alicyclic amines) is 1. The highest BCUT2D eigenvalue weighted by molar-refractivity contribution is 5.52. The van der Waals surface area contributed by atoms with E-state index in [0.29, 0.717) is 18.4 Å². The van der Waals surface area contributed by atoms with Crippen molar-refractivity contribution in [2.45, 2.75) is 25.3 Å². The van der Waals surface area contributed by atoms with Gasteiger partial charge in [-0.25, -0.2) is 0 Å². The van der Waals surface area contributed by atoms with E-state index in [1.165, 1.54) is 25.0 Å². The van der Waals surface area contributed by atoms with Crippen LogP contribution in [0.2, 0.25) is 0 Å². The molecule has 6 nitrogen and oxygen atoms in total. The quantitative estimate of drug-likeness (QED) is 0.622. The van der Waals surface area contributed by atoms with Gasteiger partial charge in [0.2, 0.25) is 0 Å². The Morgan fingerprint density at radius 2 is 2.35 bits per heavy atom. The third kappa shape index (κ3) is 3.25. The normalized spacial score (nSPS) is 19.3. The van der Waals surface area contributed by atoms with E-state index in [0.717, 1.165) is 13.0 Å². The summed E-state index contributed by atoms with van der Waals surface area (Å²) < 4.78 is 5.68. The molecule has 0 spiro atoms. The fourth-order valence-electron chi connectivity index (χ4n) is 2.40. The van der Waals surface area contributed by atoms with Gasteiger partial charge in [0.15, 0.2) is 0 Å². The topological polar surface area (TPSA) is 79.4 Å². The van der Waals surface area contributed by atoms with E-state index in [2.05, 4.69) is 11.9 Å². The van der Waals surface area contributed by atoms with Gasteiger partial charge in [0.25, 0.3) is 5.69 Å². The molecule has 1 atom stereocenters. The first-order chi connectivity index (χ1) is 9.61. The maximum Gasteiger partial charge on any atom is 0.287 e. The van der Waals surface area contributed by atoms with Gasteiger partial charge in [0, 0.05) is 18.2 Å². The summed E-state index contributed by atoms with van der Waals surface area (Å²) in [6.45, 7) is 1.61. The number of nitro groups is 1. The summed E-state index contributed by atoms with van der Waals surface area (Å²) in [4.78, 5) is 12.5. The van der Waals surface area contributed by atoms with E-state index in [9.17, 15) is 10.1 Å². The highest BCUT2D eigenvalue weighted by Crippen LogP contribution is 2.24. The van der Waals surface area contributed by atoms with Gasteiger partial charge < -0.3 is 9.64 Å². The number of hydrogen-bond donors (Lipinski definition) is 0. The Morgan fingerprint density at radius 3 is 3.00 bits per heavy atom. The fraction of sp³-hybridized carbons (Fsp3) is 0.500. The van der Waals surface area contributed by atoms with Gasteiger partial charge in [-0.2, -0.15) is 5.26 Å². The van der Waals surface area contributed by atoms with Crippen LogP contribution in [0.4, 0.5) is 5.69 Å². The number of likely N-dealkylation sites (N-methyl/N-ethyl adjacent to an activating group) is 1. The van der Waals surface area contributed by atoms with Crippen molar-refractivity contribution in [2.75, 3.05) is 20.2 Å². The highest BCUT2D eigenvalue weighted by Gasteiger charge is 2.20. The van der Waals surface area contributed by atoms with Crippen LogP contribution in [0, 0.1) is 21.4 Å². The van der Waals surface area contributed by atoms with Gasteiger partial charge in [-0.15, -0.1) is 0 Å². The molecule has 0 N–H and O–H groups in total. The van der Waals surface area contributed by atoms with Gasteiger partial charge in [-0.1, -0.05) is 6.42 Å². The van der Waals surface area contributed by atoms with Crippen molar-refractivity contribution in [3.05, 3.63) is 33.9 Å². The average molecular weight is 275 g/mol. The first-order valence-corrected chi connectivity index (χ1v) is 6.63. The molecule has 1 aromatic rings. The summed E-state index contributed by atoms with van der Waals surface area (Å²) in [6, 6.07) is 6.49. The zero-order valence-corrected chi connectivity index (χ0v) is 11.4. The molecule has 1 aliphatic heterocycles. The zero-order chi connectivity index (χ0) is 14.5. The minimum Gasteiger partial charge on any atom is -0.492 e. The van der Waals surface area contributed by atoms with Crippen LogP contribution in [0.3, 0.4) is 0 Å². The van der Waals surface area contributed by atoms with Crippen LogP contribution in [0.1, 0.15) is 24.8 Å². The molecule has 20 heavy (non-hydrogen) atoms. The molecular formula is C14H17N3O3. The van der Waals surface area contributed by atoms with Crippen LogP contribution in [0.5, 0.6) is 5.75 Å². The van der Waals surface area contributed by atoms with Gasteiger partial charge in [0.1, 0.15) is 24.0 Å². The molecule has 0 aliphatic carbocycles. The summed E-state index contributed by atoms with van der Waals surface area (Å²) in [5.74, 6) is 0.506. The molecule has 1 aromatic carbocycles. The van der Waals surface area contributed by atoms with E-state index in [1.54, 1.807) is 6.07 Å². The Bertz CT molecular complexity index is 539. The summed E-state index contributed by atoms with van der Waals surface area (Å²) >= 11 is 0. The predicted octanol–water partition coefficient (Wildman–Crippen LogP) is 2.33. The molecule has 0 radical (unpaired) electrons. The molecule has 0 saturated carbocycles. The molecule has 2 rings (SSSR count). The SMILES string of the molecule is CN1CCCCC1COc1ccc([N+](=O)[O-])c(C#N)c1. The lowest BCUT2D eigenvalue weighted by molar-refractivity contribution is -0.385.